The molecule has 2 amide bonds. The molecule has 25 heavy (non-hydrogen) atoms. The van der Waals surface area contributed by atoms with E-state index >= 15 is 0 Å². The molecule has 2 aromatic rings. The number of hydrogen-bond donors (Lipinski definition) is 3. The SMILES string of the molecule is O=C(O)NCC1c2[nH]c3ccc(Cl)cc3c2CCN1C(=O)C(F)(F)F. The van der Waals surface area contributed by atoms with Gasteiger partial charge in [0.2, 0.25) is 0 Å². The highest BCUT2D eigenvalue weighted by Gasteiger charge is 2.46. The molecule has 1 aromatic carbocycles. The molecule has 1 aliphatic rings. The van der Waals surface area contributed by atoms with Crippen LogP contribution in [0.5, 0.6) is 0 Å². The van der Waals surface area contributed by atoms with Crippen LogP contribution in [0.15, 0.2) is 18.2 Å². The van der Waals surface area contributed by atoms with Crippen LogP contribution in [-0.4, -0.2) is 46.3 Å². The Kier molecular flexibility index (Phi) is 4.28. The summed E-state index contributed by atoms with van der Waals surface area (Å²) in [6, 6.07) is 3.93. The Hall–Kier alpha value is -2.42. The van der Waals surface area contributed by atoms with E-state index in [9.17, 15) is 22.8 Å². The van der Waals surface area contributed by atoms with Gasteiger partial charge < -0.3 is 20.3 Å². The quantitative estimate of drug-likeness (QED) is 0.754. The van der Waals surface area contributed by atoms with Gasteiger partial charge in [-0.15, -0.1) is 0 Å². The number of fused-ring (bicyclic) bond motifs is 3. The molecule has 0 saturated carbocycles. The predicted octanol–water partition coefficient (Wildman–Crippen LogP) is 3.08. The molecule has 0 saturated heterocycles. The van der Waals surface area contributed by atoms with Crippen molar-refractivity contribution in [3.63, 3.8) is 0 Å². The van der Waals surface area contributed by atoms with E-state index in [-0.39, 0.29) is 19.5 Å². The Labute approximate surface area is 144 Å². The van der Waals surface area contributed by atoms with Crippen molar-refractivity contribution in [1.82, 2.24) is 15.2 Å². The van der Waals surface area contributed by atoms with Gasteiger partial charge in [0.1, 0.15) is 0 Å². The number of carboxylic acid groups (broad SMARTS) is 1. The summed E-state index contributed by atoms with van der Waals surface area (Å²) in [7, 11) is 0. The average molecular weight is 376 g/mol. The van der Waals surface area contributed by atoms with Crippen molar-refractivity contribution < 1.29 is 27.9 Å². The second kappa shape index (κ2) is 6.14. The van der Waals surface area contributed by atoms with Crippen LogP contribution in [0, 0.1) is 0 Å². The van der Waals surface area contributed by atoms with Crippen LogP contribution in [0.2, 0.25) is 5.02 Å². The molecule has 1 atom stereocenters. The molecular formula is C15H13ClF3N3O3. The number of carbonyl (C=O) groups is 2. The zero-order valence-corrected chi connectivity index (χ0v) is 13.4. The lowest BCUT2D eigenvalue weighted by atomic mass is 9.97. The number of halogens is 4. The van der Waals surface area contributed by atoms with Crippen LogP contribution < -0.4 is 5.32 Å². The predicted molar refractivity (Wildman–Crippen MR) is 83.5 cm³/mol. The van der Waals surface area contributed by atoms with Gasteiger partial charge in [-0.1, -0.05) is 11.6 Å². The van der Waals surface area contributed by atoms with Gasteiger partial charge >= 0.3 is 18.2 Å². The standard InChI is InChI=1S/C15H13ClF3N3O3/c16-7-1-2-10-9(5-7)8-3-4-22(13(23)15(17,18)19)11(12(8)21-10)6-20-14(24)25/h1-2,5,11,20-21H,3-4,6H2,(H,24,25). The molecule has 0 aliphatic carbocycles. The van der Waals surface area contributed by atoms with Gasteiger partial charge in [-0.2, -0.15) is 13.2 Å². The Morgan fingerprint density at radius 2 is 2.12 bits per heavy atom. The summed E-state index contributed by atoms with van der Waals surface area (Å²) < 4.78 is 38.7. The largest absolute Gasteiger partial charge is 0.471 e. The van der Waals surface area contributed by atoms with Gasteiger partial charge in [-0.3, -0.25) is 4.79 Å². The van der Waals surface area contributed by atoms with Crippen LogP contribution in [0.3, 0.4) is 0 Å². The van der Waals surface area contributed by atoms with E-state index < -0.39 is 24.2 Å². The topological polar surface area (TPSA) is 85.4 Å². The van der Waals surface area contributed by atoms with Gasteiger partial charge in [0.25, 0.3) is 0 Å². The number of carbonyl (C=O) groups excluding carboxylic acids is 1. The number of alkyl halides is 3. The van der Waals surface area contributed by atoms with E-state index in [0.717, 1.165) is 10.9 Å². The van der Waals surface area contributed by atoms with Crippen molar-refractivity contribution in [1.29, 1.82) is 0 Å². The van der Waals surface area contributed by atoms with E-state index in [0.29, 0.717) is 21.1 Å². The summed E-state index contributed by atoms with van der Waals surface area (Å²) >= 11 is 5.98. The minimum Gasteiger partial charge on any atom is -0.465 e. The summed E-state index contributed by atoms with van der Waals surface area (Å²) in [5, 5.41) is 12.1. The van der Waals surface area contributed by atoms with E-state index in [4.69, 9.17) is 16.7 Å². The number of nitrogens with one attached hydrogen (secondary N) is 2. The van der Waals surface area contributed by atoms with Crippen LogP contribution in [-0.2, 0) is 11.2 Å². The maximum atomic E-state index is 12.9. The summed E-state index contributed by atoms with van der Waals surface area (Å²) in [6.07, 6.45) is -6.21. The van der Waals surface area contributed by atoms with Crippen LogP contribution in [0.1, 0.15) is 17.3 Å². The molecule has 2 heterocycles. The molecule has 0 fully saturated rings. The van der Waals surface area contributed by atoms with Crippen molar-refractivity contribution in [3.05, 3.63) is 34.5 Å². The first kappa shape index (κ1) is 17.4. The van der Waals surface area contributed by atoms with E-state index in [1.165, 1.54) is 0 Å². The lowest BCUT2D eigenvalue weighted by molar-refractivity contribution is -0.188. The molecule has 1 unspecified atom stereocenters. The molecule has 10 heteroatoms. The van der Waals surface area contributed by atoms with Crippen LogP contribution >= 0.6 is 11.6 Å². The molecule has 1 aromatic heterocycles. The van der Waals surface area contributed by atoms with Crippen molar-refractivity contribution in [3.8, 4) is 0 Å². The fourth-order valence-corrected chi connectivity index (χ4v) is 3.31. The molecule has 6 nitrogen and oxygen atoms in total. The van der Waals surface area contributed by atoms with Gasteiger partial charge in [-0.05, 0) is 30.2 Å². The Morgan fingerprint density at radius 3 is 2.76 bits per heavy atom. The molecule has 0 bridgehead atoms. The highest BCUT2D eigenvalue weighted by atomic mass is 35.5. The maximum absolute atomic E-state index is 12.9. The van der Waals surface area contributed by atoms with Crippen molar-refractivity contribution in [2.45, 2.75) is 18.6 Å². The minimum absolute atomic E-state index is 0.170. The molecule has 0 spiro atoms. The first-order valence-electron chi connectivity index (χ1n) is 7.33. The molecule has 134 valence electrons. The number of aromatic nitrogens is 1. The number of nitrogens with zero attached hydrogens (tertiary/aromatic N) is 1. The summed E-state index contributed by atoms with van der Waals surface area (Å²) in [4.78, 5) is 26.2. The fourth-order valence-electron chi connectivity index (χ4n) is 3.14. The minimum atomic E-state index is -5.03. The highest BCUT2D eigenvalue weighted by Crippen LogP contribution is 2.37. The molecular weight excluding hydrogens is 363 g/mol. The molecule has 0 radical (unpaired) electrons. The van der Waals surface area contributed by atoms with Gasteiger partial charge in [-0.25, -0.2) is 4.79 Å². The second-order valence-electron chi connectivity index (χ2n) is 5.66. The van der Waals surface area contributed by atoms with Gasteiger partial charge in [0, 0.05) is 34.7 Å². The normalized spacial score (nSPS) is 17.4. The smallest absolute Gasteiger partial charge is 0.465 e. The zero-order chi connectivity index (χ0) is 18.4. The number of rotatable bonds is 2. The number of hydrogen-bond acceptors (Lipinski definition) is 2. The maximum Gasteiger partial charge on any atom is 0.471 e. The lowest BCUT2D eigenvalue weighted by Crippen LogP contribution is -2.49. The van der Waals surface area contributed by atoms with E-state index in [2.05, 4.69) is 10.3 Å². The Morgan fingerprint density at radius 1 is 1.40 bits per heavy atom. The molecule has 3 N–H and O–H groups in total. The zero-order valence-electron chi connectivity index (χ0n) is 12.7. The first-order chi connectivity index (χ1) is 11.7. The third-order valence-electron chi connectivity index (χ3n) is 4.16. The van der Waals surface area contributed by atoms with Gasteiger partial charge in [0.15, 0.2) is 0 Å². The summed E-state index contributed by atoms with van der Waals surface area (Å²) in [5.41, 5.74) is 1.78. The summed E-state index contributed by atoms with van der Waals surface area (Å²) in [6.45, 7) is -0.526. The van der Waals surface area contributed by atoms with Crippen molar-refractivity contribution >= 4 is 34.5 Å². The fraction of sp³-hybridized carbons (Fsp3) is 0.333. The second-order valence-corrected chi connectivity index (χ2v) is 6.09. The Balaban J connectivity index is 2.06. The third-order valence-corrected chi connectivity index (χ3v) is 4.40. The first-order valence-corrected chi connectivity index (χ1v) is 7.71. The van der Waals surface area contributed by atoms with E-state index in [1.807, 2.05) is 0 Å². The van der Waals surface area contributed by atoms with Crippen molar-refractivity contribution in [2.24, 2.45) is 0 Å². The third kappa shape index (κ3) is 3.23. The Bertz CT molecular complexity index is 850. The average Bonchev–Trinajstić information content (AvgIpc) is 2.88. The molecule has 1 aliphatic heterocycles. The monoisotopic (exact) mass is 375 g/mol. The summed E-state index contributed by atoms with van der Waals surface area (Å²) in [5.74, 6) is -1.99. The lowest BCUT2D eigenvalue weighted by Gasteiger charge is -2.36. The van der Waals surface area contributed by atoms with E-state index in [1.54, 1.807) is 18.2 Å². The molecule has 3 rings (SSSR count). The van der Waals surface area contributed by atoms with Crippen molar-refractivity contribution in [2.75, 3.05) is 13.1 Å². The number of H-pyrrole nitrogens is 1. The van der Waals surface area contributed by atoms with Crippen LogP contribution in [0.4, 0.5) is 18.0 Å². The highest BCUT2D eigenvalue weighted by molar-refractivity contribution is 6.31. The van der Waals surface area contributed by atoms with Crippen LogP contribution in [0.25, 0.3) is 10.9 Å². The number of benzene rings is 1. The number of aromatic amines is 1. The number of amides is 2. The van der Waals surface area contributed by atoms with Gasteiger partial charge in [0.05, 0.1) is 6.04 Å².